The topological polar surface area (TPSA) is 26.0 Å². The van der Waals surface area contributed by atoms with E-state index in [9.17, 15) is 0 Å². The van der Waals surface area contributed by atoms with E-state index >= 15 is 0 Å². The third kappa shape index (κ3) is 3.72. The molecule has 0 radical (unpaired) electrons. The van der Waals surface area contributed by atoms with Gasteiger partial charge in [-0.05, 0) is 12.5 Å². The van der Waals surface area contributed by atoms with Gasteiger partial charge in [-0.25, -0.2) is 0 Å². The van der Waals surface area contributed by atoms with Gasteiger partial charge in [-0.3, -0.25) is 0 Å². The highest BCUT2D eigenvalue weighted by molar-refractivity contribution is 5.35. The van der Waals surface area contributed by atoms with Crippen LogP contribution in [0.4, 0.5) is 0 Å². The molecule has 2 N–H and O–H groups in total. The van der Waals surface area contributed by atoms with Crippen LogP contribution < -0.4 is 5.73 Å². The van der Waals surface area contributed by atoms with Crippen LogP contribution in [0.25, 0.3) is 0 Å². The van der Waals surface area contributed by atoms with E-state index in [1.165, 1.54) is 0 Å². The molecule has 0 aromatic rings. The monoisotopic (exact) mass is 135 g/mol. The number of hydrogen-bond donors (Lipinski definition) is 1. The average Bonchev–Trinajstić information content (AvgIpc) is 1.82. The summed E-state index contributed by atoms with van der Waals surface area (Å²) in [5.74, 6) is 0. The minimum atomic E-state index is 0.498. The fraction of sp³-hybridized carbons (Fsp3) is 0.111. The van der Waals surface area contributed by atoms with Crippen molar-refractivity contribution in [2.75, 3.05) is 0 Å². The molecular formula is C9H13N. The number of rotatable bonds is 3. The van der Waals surface area contributed by atoms with Gasteiger partial charge in [0.2, 0.25) is 0 Å². The van der Waals surface area contributed by atoms with Gasteiger partial charge >= 0.3 is 0 Å². The maximum Gasteiger partial charge on any atom is 0.0308 e. The first-order valence-electron chi connectivity index (χ1n) is 3.01. The molecule has 1 nitrogen and oxygen atoms in total. The highest BCUT2D eigenvalue weighted by Gasteiger charge is 1.86. The van der Waals surface area contributed by atoms with E-state index in [0.717, 1.165) is 11.1 Å². The summed E-state index contributed by atoms with van der Waals surface area (Å²) < 4.78 is 0. The predicted octanol–water partition coefficient (Wildman–Crippen LogP) is 2.15. The smallest absolute Gasteiger partial charge is 0.0308 e. The van der Waals surface area contributed by atoms with E-state index in [-0.39, 0.29) is 0 Å². The van der Waals surface area contributed by atoms with Crippen molar-refractivity contribution in [3.63, 3.8) is 0 Å². The molecule has 0 aliphatic rings. The van der Waals surface area contributed by atoms with Crippen molar-refractivity contribution in [2.45, 2.75) is 6.92 Å². The summed E-state index contributed by atoms with van der Waals surface area (Å²) in [5, 5.41) is 0. The molecule has 10 heavy (non-hydrogen) atoms. The summed E-state index contributed by atoms with van der Waals surface area (Å²) in [4.78, 5) is 0. The van der Waals surface area contributed by atoms with Gasteiger partial charge in [0, 0.05) is 5.70 Å². The Labute approximate surface area is 62.2 Å². The summed E-state index contributed by atoms with van der Waals surface area (Å²) >= 11 is 0. The van der Waals surface area contributed by atoms with E-state index in [4.69, 9.17) is 5.73 Å². The van der Waals surface area contributed by atoms with Crippen molar-refractivity contribution in [2.24, 2.45) is 5.73 Å². The Kier molecular flexibility index (Phi) is 3.26. The van der Waals surface area contributed by atoms with Crippen molar-refractivity contribution in [1.82, 2.24) is 0 Å². The van der Waals surface area contributed by atoms with Crippen LogP contribution in [0.1, 0.15) is 6.92 Å². The standard InChI is InChI=1S/C9H13N/c1-7(2)5-6-8(3)9(4)10/h5-6H,1,3-4,10H2,2H3/b6-5-. The highest BCUT2D eigenvalue weighted by Crippen LogP contribution is 2.01. The van der Waals surface area contributed by atoms with Crippen LogP contribution in [-0.4, -0.2) is 0 Å². The molecule has 0 aliphatic carbocycles. The van der Waals surface area contributed by atoms with E-state index < -0.39 is 0 Å². The summed E-state index contributed by atoms with van der Waals surface area (Å²) in [5.41, 5.74) is 7.56. The molecule has 0 amide bonds. The fourth-order valence-corrected chi connectivity index (χ4v) is 0.350. The first-order valence-corrected chi connectivity index (χ1v) is 3.01. The minimum absolute atomic E-state index is 0.498. The van der Waals surface area contributed by atoms with Crippen LogP contribution in [0, 0.1) is 0 Å². The summed E-state index contributed by atoms with van der Waals surface area (Å²) in [6, 6.07) is 0. The molecule has 0 heterocycles. The zero-order valence-electron chi connectivity index (χ0n) is 6.35. The summed E-state index contributed by atoms with van der Waals surface area (Å²) in [7, 11) is 0. The third-order valence-corrected chi connectivity index (χ3v) is 0.981. The van der Waals surface area contributed by atoms with Crippen LogP contribution >= 0.6 is 0 Å². The minimum Gasteiger partial charge on any atom is -0.399 e. The number of nitrogens with two attached hydrogens (primary N) is 1. The molecule has 0 spiro atoms. The van der Waals surface area contributed by atoms with Crippen LogP contribution in [0.2, 0.25) is 0 Å². The van der Waals surface area contributed by atoms with Gasteiger partial charge in [-0.1, -0.05) is 37.5 Å². The molecule has 0 saturated heterocycles. The van der Waals surface area contributed by atoms with Crippen molar-refractivity contribution < 1.29 is 0 Å². The Hall–Kier alpha value is -1.24. The average molecular weight is 135 g/mol. The lowest BCUT2D eigenvalue weighted by Crippen LogP contribution is -1.94. The Morgan fingerprint density at radius 2 is 1.70 bits per heavy atom. The first kappa shape index (κ1) is 8.76. The summed E-state index contributed by atoms with van der Waals surface area (Å²) in [6.45, 7) is 12.8. The molecule has 54 valence electrons. The Morgan fingerprint density at radius 3 is 2.00 bits per heavy atom. The SMILES string of the molecule is C=C(C)/C=C\C(=C)C(=C)N. The van der Waals surface area contributed by atoms with Crippen molar-refractivity contribution in [3.05, 3.63) is 48.7 Å². The summed E-state index contributed by atoms with van der Waals surface area (Å²) in [6.07, 6.45) is 3.64. The quantitative estimate of drug-likeness (QED) is 0.589. The highest BCUT2D eigenvalue weighted by atomic mass is 14.6. The second-order valence-corrected chi connectivity index (χ2v) is 2.23. The molecular weight excluding hydrogens is 122 g/mol. The molecule has 0 saturated carbocycles. The fourth-order valence-electron chi connectivity index (χ4n) is 0.350. The Morgan fingerprint density at radius 1 is 1.20 bits per heavy atom. The van der Waals surface area contributed by atoms with Crippen LogP contribution in [0.5, 0.6) is 0 Å². The Balaban J connectivity index is 4.03. The largest absolute Gasteiger partial charge is 0.399 e. The van der Waals surface area contributed by atoms with Crippen molar-refractivity contribution in [3.8, 4) is 0 Å². The van der Waals surface area contributed by atoms with Gasteiger partial charge in [-0.2, -0.15) is 0 Å². The maximum absolute atomic E-state index is 5.35. The van der Waals surface area contributed by atoms with Gasteiger partial charge in [0.25, 0.3) is 0 Å². The zero-order chi connectivity index (χ0) is 8.15. The number of allylic oxidation sites excluding steroid dienone is 3. The zero-order valence-corrected chi connectivity index (χ0v) is 6.35. The molecule has 1 heteroatoms. The predicted molar refractivity (Wildman–Crippen MR) is 46.4 cm³/mol. The molecule has 0 aromatic carbocycles. The second-order valence-electron chi connectivity index (χ2n) is 2.23. The van der Waals surface area contributed by atoms with E-state index in [2.05, 4.69) is 19.7 Å². The molecule has 0 atom stereocenters. The van der Waals surface area contributed by atoms with Gasteiger partial charge in [-0.15, -0.1) is 0 Å². The second kappa shape index (κ2) is 3.72. The van der Waals surface area contributed by atoms with Gasteiger partial charge in [0.15, 0.2) is 0 Å². The molecule has 0 fully saturated rings. The Bertz CT molecular complexity index is 197. The molecule has 0 aliphatic heterocycles. The third-order valence-electron chi connectivity index (χ3n) is 0.981. The molecule has 0 unspecified atom stereocenters. The van der Waals surface area contributed by atoms with E-state index in [1.54, 1.807) is 6.08 Å². The van der Waals surface area contributed by atoms with Crippen molar-refractivity contribution >= 4 is 0 Å². The first-order chi connectivity index (χ1) is 4.54. The lowest BCUT2D eigenvalue weighted by molar-refractivity contribution is 1.38. The van der Waals surface area contributed by atoms with Gasteiger partial charge in [0.05, 0.1) is 0 Å². The van der Waals surface area contributed by atoms with Gasteiger partial charge < -0.3 is 5.73 Å². The maximum atomic E-state index is 5.35. The van der Waals surface area contributed by atoms with Crippen LogP contribution in [-0.2, 0) is 0 Å². The van der Waals surface area contributed by atoms with Crippen LogP contribution in [0.15, 0.2) is 48.7 Å². The lowest BCUT2D eigenvalue weighted by atomic mass is 10.2. The van der Waals surface area contributed by atoms with Gasteiger partial charge in [0.1, 0.15) is 0 Å². The normalized spacial score (nSPS) is 9.70. The van der Waals surface area contributed by atoms with E-state index in [0.29, 0.717) is 5.70 Å². The van der Waals surface area contributed by atoms with E-state index in [1.807, 2.05) is 13.0 Å². The van der Waals surface area contributed by atoms with Crippen molar-refractivity contribution in [1.29, 1.82) is 0 Å². The number of hydrogen-bond acceptors (Lipinski definition) is 1. The molecule has 0 aromatic heterocycles. The lowest BCUT2D eigenvalue weighted by Gasteiger charge is -1.94. The molecule has 0 rings (SSSR count). The van der Waals surface area contributed by atoms with Crippen LogP contribution in [0.3, 0.4) is 0 Å². The molecule has 0 bridgehead atoms.